The molecule has 25 heavy (non-hydrogen) atoms. The highest BCUT2D eigenvalue weighted by Crippen LogP contribution is 2.25. The number of nitriles is 1. The molecule has 0 atom stereocenters. The van der Waals surface area contributed by atoms with Gasteiger partial charge >= 0.3 is 5.97 Å². The second-order valence-corrected chi connectivity index (χ2v) is 5.08. The smallest absolute Gasteiger partial charge is 0.338 e. The third kappa shape index (κ3) is 4.06. The van der Waals surface area contributed by atoms with Crippen LogP contribution >= 0.6 is 0 Å². The molecule has 126 valence electrons. The van der Waals surface area contributed by atoms with E-state index < -0.39 is 17.6 Å². The topological polar surface area (TPSA) is 78.9 Å². The largest absolute Gasteiger partial charge is 0.478 e. The Morgan fingerprint density at radius 3 is 2.68 bits per heavy atom. The molecule has 0 aliphatic rings. The van der Waals surface area contributed by atoms with Crippen LogP contribution in [0.1, 0.15) is 22.8 Å². The molecule has 1 N–H and O–H groups in total. The Labute approximate surface area is 142 Å². The van der Waals surface area contributed by atoms with E-state index in [1.807, 2.05) is 6.07 Å². The quantitative estimate of drug-likeness (QED) is 0.661. The lowest BCUT2D eigenvalue weighted by molar-refractivity contribution is 0.0697. The third-order valence-electron chi connectivity index (χ3n) is 3.36. The van der Waals surface area contributed by atoms with Crippen LogP contribution in [0, 0.1) is 23.0 Å². The summed E-state index contributed by atoms with van der Waals surface area (Å²) >= 11 is 0. The third-order valence-corrected chi connectivity index (χ3v) is 3.36. The molecule has 0 unspecified atom stereocenters. The van der Waals surface area contributed by atoms with Crippen molar-refractivity contribution in [3.8, 4) is 6.07 Å². The van der Waals surface area contributed by atoms with Gasteiger partial charge in [0.15, 0.2) is 0 Å². The van der Waals surface area contributed by atoms with Gasteiger partial charge in [-0.1, -0.05) is 12.7 Å². The van der Waals surface area contributed by atoms with Crippen molar-refractivity contribution in [2.75, 3.05) is 0 Å². The van der Waals surface area contributed by atoms with Crippen LogP contribution in [0.2, 0.25) is 0 Å². The normalized spacial score (nSPS) is 11.9. The van der Waals surface area contributed by atoms with Crippen LogP contribution in [0.3, 0.4) is 0 Å². The molecule has 0 amide bonds. The first-order valence-electron chi connectivity index (χ1n) is 7.05. The van der Waals surface area contributed by atoms with Crippen molar-refractivity contribution < 1.29 is 18.7 Å². The molecule has 2 rings (SSSR count). The maximum absolute atomic E-state index is 14.0. The number of allylic oxidation sites excluding steroid dienone is 5. The van der Waals surface area contributed by atoms with Gasteiger partial charge in [-0.3, -0.25) is 0 Å². The molecule has 1 aromatic carbocycles. The Kier molecular flexibility index (Phi) is 5.25. The number of rotatable bonds is 5. The summed E-state index contributed by atoms with van der Waals surface area (Å²) < 4.78 is 28.4. The lowest BCUT2D eigenvalue weighted by atomic mass is 9.98. The molecule has 0 saturated carbocycles. The lowest BCUT2D eigenvalue weighted by Gasteiger charge is -2.07. The molecule has 0 saturated heterocycles. The summed E-state index contributed by atoms with van der Waals surface area (Å²) in [7, 11) is 0. The number of nitrogens with zero attached hydrogens (tertiary/aromatic N) is 3. The van der Waals surface area contributed by atoms with Gasteiger partial charge in [-0.15, -0.1) is 0 Å². The zero-order chi connectivity index (χ0) is 18.6. The first kappa shape index (κ1) is 17.8. The fourth-order valence-corrected chi connectivity index (χ4v) is 2.03. The zero-order valence-corrected chi connectivity index (χ0v) is 13.2. The number of halogens is 2. The molecular weight excluding hydrogens is 328 g/mol. The number of carbonyl (C=O) groups is 1. The molecule has 1 aromatic heterocycles. The molecule has 0 fully saturated rings. The molecule has 0 bridgehead atoms. The van der Waals surface area contributed by atoms with Crippen LogP contribution in [0.5, 0.6) is 0 Å². The van der Waals surface area contributed by atoms with Gasteiger partial charge in [0, 0.05) is 29.1 Å². The molecule has 0 aliphatic heterocycles. The highest BCUT2D eigenvalue weighted by Gasteiger charge is 2.12. The minimum Gasteiger partial charge on any atom is -0.478 e. The van der Waals surface area contributed by atoms with Crippen molar-refractivity contribution in [1.29, 1.82) is 5.26 Å². The molecule has 2 aromatic rings. The Morgan fingerprint density at radius 2 is 2.12 bits per heavy atom. The van der Waals surface area contributed by atoms with Gasteiger partial charge in [0.05, 0.1) is 23.4 Å². The second kappa shape index (κ2) is 7.36. The number of hydrogen-bond donors (Lipinski definition) is 1. The summed E-state index contributed by atoms with van der Waals surface area (Å²) in [6.07, 6.45) is 5.48. The van der Waals surface area contributed by atoms with Gasteiger partial charge < -0.3 is 5.11 Å². The fraction of sp³-hybridized carbons (Fsp3) is 0.0556. The molecule has 0 spiro atoms. The van der Waals surface area contributed by atoms with Crippen molar-refractivity contribution in [2.24, 2.45) is 0 Å². The van der Waals surface area contributed by atoms with E-state index in [0.717, 1.165) is 12.1 Å². The van der Waals surface area contributed by atoms with Gasteiger partial charge in [0.2, 0.25) is 0 Å². The van der Waals surface area contributed by atoms with Crippen LogP contribution in [0.15, 0.2) is 54.9 Å². The summed E-state index contributed by atoms with van der Waals surface area (Å²) in [6.45, 7) is 5.23. The molecule has 7 heteroatoms. The SMILES string of the molecule is C=C(C#N)/C(=C\C=C(/C)n1cc(C(=O)O)cn1)c1ccc(F)cc1F. The van der Waals surface area contributed by atoms with Crippen LogP contribution in [0.4, 0.5) is 8.78 Å². The average molecular weight is 341 g/mol. The molecular formula is C18H13F2N3O2. The fourth-order valence-electron chi connectivity index (χ4n) is 2.03. The summed E-state index contributed by atoms with van der Waals surface area (Å²) in [5, 5.41) is 21.9. The number of carboxylic acids is 1. The highest BCUT2D eigenvalue weighted by molar-refractivity contribution is 5.87. The number of benzene rings is 1. The van der Waals surface area contributed by atoms with Crippen LogP contribution in [0.25, 0.3) is 11.3 Å². The van der Waals surface area contributed by atoms with E-state index in [1.165, 1.54) is 35.3 Å². The van der Waals surface area contributed by atoms with Gasteiger partial charge in [-0.25, -0.2) is 18.3 Å². The predicted octanol–water partition coefficient (Wildman–Crippen LogP) is 3.88. The maximum atomic E-state index is 14.0. The van der Waals surface area contributed by atoms with Crippen LogP contribution in [-0.4, -0.2) is 20.9 Å². The van der Waals surface area contributed by atoms with Crippen molar-refractivity contribution in [3.63, 3.8) is 0 Å². The van der Waals surface area contributed by atoms with E-state index in [4.69, 9.17) is 10.4 Å². The van der Waals surface area contributed by atoms with Gasteiger partial charge in [-0.2, -0.15) is 10.4 Å². The standard InChI is InChI=1S/C18H13F2N3O2/c1-11(8-21)15(16-6-4-14(19)7-17(16)20)5-3-12(2)23-10-13(9-22-23)18(24)25/h3-7,9-10H,1H2,2H3,(H,24,25)/b12-3+,15-5+. The van der Waals surface area contributed by atoms with Gasteiger partial charge in [0.25, 0.3) is 0 Å². The number of aromatic carboxylic acids is 1. The Bertz CT molecular complexity index is 949. The Hall–Kier alpha value is -3.53. The Balaban J connectivity index is 2.45. The molecule has 5 nitrogen and oxygen atoms in total. The predicted molar refractivity (Wildman–Crippen MR) is 88.2 cm³/mol. The van der Waals surface area contributed by atoms with Crippen LogP contribution < -0.4 is 0 Å². The summed E-state index contributed by atoms with van der Waals surface area (Å²) in [5.41, 5.74) is 0.760. The molecule has 0 radical (unpaired) electrons. The first-order chi connectivity index (χ1) is 11.8. The van der Waals surface area contributed by atoms with Gasteiger partial charge in [-0.05, 0) is 25.1 Å². The second-order valence-electron chi connectivity index (χ2n) is 5.08. The Morgan fingerprint density at radius 1 is 1.40 bits per heavy atom. The van der Waals surface area contributed by atoms with E-state index in [0.29, 0.717) is 5.70 Å². The molecule has 1 heterocycles. The number of aromatic nitrogens is 2. The maximum Gasteiger partial charge on any atom is 0.338 e. The van der Waals surface area contributed by atoms with Crippen molar-refractivity contribution in [2.45, 2.75) is 6.92 Å². The van der Waals surface area contributed by atoms with E-state index in [1.54, 1.807) is 6.92 Å². The summed E-state index contributed by atoms with van der Waals surface area (Å²) in [6, 6.07) is 4.86. The minimum absolute atomic E-state index is 0.00116. The highest BCUT2D eigenvalue weighted by atomic mass is 19.1. The van der Waals surface area contributed by atoms with E-state index in [2.05, 4.69) is 11.7 Å². The average Bonchev–Trinajstić information content (AvgIpc) is 3.06. The molecule has 0 aliphatic carbocycles. The van der Waals surface area contributed by atoms with E-state index >= 15 is 0 Å². The summed E-state index contributed by atoms with van der Waals surface area (Å²) in [4.78, 5) is 10.9. The van der Waals surface area contributed by atoms with Crippen molar-refractivity contribution in [3.05, 3.63) is 77.7 Å². The van der Waals surface area contributed by atoms with Gasteiger partial charge in [0.1, 0.15) is 11.6 Å². The van der Waals surface area contributed by atoms with E-state index in [-0.39, 0.29) is 22.3 Å². The van der Waals surface area contributed by atoms with Crippen molar-refractivity contribution in [1.82, 2.24) is 9.78 Å². The first-order valence-corrected chi connectivity index (χ1v) is 7.05. The number of carboxylic acid groups (broad SMARTS) is 1. The minimum atomic E-state index is -1.11. The number of hydrogen-bond acceptors (Lipinski definition) is 3. The van der Waals surface area contributed by atoms with Crippen LogP contribution in [-0.2, 0) is 0 Å². The van der Waals surface area contributed by atoms with E-state index in [9.17, 15) is 13.6 Å². The van der Waals surface area contributed by atoms with Crippen molar-refractivity contribution >= 4 is 17.2 Å². The lowest BCUT2D eigenvalue weighted by Crippen LogP contribution is -1.96. The zero-order valence-electron chi connectivity index (χ0n) is 13.2. The summed E-state index contributed by atoms with van der Waals surface area (Å²) in [5.74, 6) is -2.66. The monoisotopic (exact) mass is 341 g/mol.